The molecular weight excluding hydrogens is 769 g/mol. The number of carbonyl (C=O) groups is 1. The standard InChI is InChI=1S/C45H60N6O9/c1-11-12-35(19-21-52)59-43-47-42(50(28-32-14-16-36(54-7)25-39(32)56-9)29-33-15-17-37(55-8)26-40(33)57-10)41-46-27-34(51(41)48-43)24-31-13-18-38(30(2)23-31)58-22-20-49(6)44(53)60-45(3,4)5/h13-18,23,25-27,35,52H,11-12,19-22,24,28-29H2,1-10H3/t35-/m1/s1. The second-order valence-corrected chi connectivity index (χ2v) is 15.5. The number of ether oxygens (including phenoxy) is 7. The molecule has 15 nitrogen and oxygen atoms in total. The lowest BCUT2D eigenvalue weighted by atomic mass is 10.1. The topological polar surface area (TPSA) is 151 Å². The molecule has 1 atom stereocenters. The molecule has 0 aliphatic carbocycles. The van der Waals surface area contributed by atoms with E-state index in [0.717, 1.165) is 46.5 Å². The van der Waals surface area contributed by atoms with Gasteiger partial charge in [-0.25, -0.2) is 14.3 Å². The van der Waals surface area contributed by atoms with E-state index in [-0.39, 0.29) is 18.7 Å². The number of aliphatic hydroxyl groups is 1. The van der Waals surface area contributed by atoms with Gasteiger partial charge in [0, 0.05) is 62.8 Å². The van der Waals surface area contributed by atoms with Gasteiger partial charge in [0.25, 0.3) is 0 Å². The molecule has 0 unspecified atom stereocenters. The van der Waals surface area contributed by atoms with Gasteiger partial charge in [-0.05, 0) is 75.6 Å². The van der Waals surface area contributed by atoms with Gasteiger partial charge in [-0.15, -0.1) is 5.10 Å². The molecule has 0 fully saturated rings. The zero-order chi connectivity index (χ0) is 43.4. The van der Waals surface area contributed by atoms with E-state index < -0.39 is 11.7 Å². The number of hydrogen-bond acceptors (Lipinski definition) is 13. The van der Waals surface area contributed by atoms with Crippen molar-refractivity contribution in [3.05, 3.63) is 88.7 Å². The van der Waals surface area contributed by atoms with Gasteiger partial charge in [0.05, 0.1) is 46.9 Å². The van der Waals surface area contributed by atoms with Gasteiger partial charge in [-0.1, -0.05) is 25.5 Å². The van der Waals surface area contributed by atoms with Gasteiger partial charge in [-0.3, -0.25) is 0 Å². The number of benzene rings is 3. The summed E-state index contributed by atoms with van der Waals surface area (Å²) in [6.07, 6.45) is 3.61. The van der Waals surface area contributed by atoms with E-state index in [1.54, 1.807) is 46.2 Å². The smallest absolute Gasteiger partial charge is 0.410 e. The normalized spacial score (nSPS) is 11.8. The van der Waals surface area contributed by atoms with E-state index in [4.69, 9.17) is 48.2 Å². The first-order valence-corrected chi connectivity index (χ1v) is 20.1. The molecule has 0 spiro atoms. The fourth-order valence-electron chi connectivity index (χ4n) is 6.65. The van der Waals surface area contributed by atoms with Crippen molar-refractivity contribution in [2.75, 3.05) is 60.1 Å². The Labute approximate surface area is 353 Å². The quantitative estimate of drug-likeness (QED) is 0.0781. The number of aryl methyl sites for hydroxylation is 1. The summed E-state index contributed by atoms with van der Waals surface area (Å²) < 4.78 is 42.4. The van der Waals surface area contributed by atoms with Crippen LogP contribution >= 0.6 is 0 Å². The van der Waals surface area contributed by atoms with Crippen LogP contribution in [-0.2, 0) is 24.2 Å². The Kier molecular flexibility index (Phi) is 15.7. The van der Waals surface area contributed by atoms with Crippen molar-refractivity contribution in [1.82, 2.24) is 24.5 Å². The molecule has 60 heavy (non-hydrogen) atoms. The number of nitrogens with zero attached hydrogens (tertiary/aromatic N) is 6. The highest BCUT2D eigenvalue weighted by atomic mass is 16.6. The Morgan fingerprint density at radius 2 is 1.52 bits per heavy atom. The number of fused-ring (bicyclic) bond motifs is 1. The lowest BCUT2D eigenvalue weighted by Crippen LogP contribution is -2.36. The fraction of sp³-hybridized carbons (Fsp3) is 0.467. The van der Waals surface area contributed by atoms with Crippen molar-refractivity contribution in [3.8, 4) is 34.8 Å². The number of anilines is 1. The summed E-state index contributed by atoms with van der Waals surface area (Å²) in [5.41, 5.74) is 4.49. The number of rotatable bonds is 21. The van der Waals surface area contributed by atoms with E-state index in [1.165, 1.54) is 4.90 Å². The molecule has 15 heteroatoms. The second kappa shape index (κ2) is 20.8. The third kappa shape index (κ3) is 11.8. The van der Waals surface area contributed by atoms with E-state index in [2.05, 4.69) is 17.9 Å². The minimum absolute atomic E-state index is 0.0315. The summed E-state index contributed by atoms with van der Waals surface area (Å²) in [4.78, 5) is 25.9. The van der Waals surface area contributed by atoms with Crippen molar-refractivity contribution in [3.63, 3.8) is 0 Å². The third-order valence-corrected chi connectivity index (χ3v) is 9.75. The monoisotopic (exact) mass is 828 g/mol. The van der Waals surface area contributed by atoms with Crippen LogP contribution < -0.4 is 33.3 Å². The molecule has 0 aliphatic heterocycles. The Hall–Kier alpha value is -5.96. The Balaban J connectivity index is 1.53. The van der Waals surface area contributed by atoms with Crippen molar-refractivity contribution in [2.45, 2.75) is 85.1 Å². The number of hydrogen-bond donors (Lipinski definition) is 1. The van der Waals surface area contributed by atoms with Crippen molar-refractivity contribution < 1.29 is 43.1 Å². The van der Waals surface area contributed by atoms with Gasteiger partial charge in [-0.2, -0.15) is 4.98 Å². The Bertz CT molecular complexity index is 2120. The maximum absolute atomic E-state index is 12.4. The zero-order valence-corrected chi connectivity index (χ0v) is 36.6. The summed E-state index contributed by atoms with van der Waals surface area (Å²) in [6, 6.07) is 17.6. The predicted molar refractivity (Wildman–Crippen MR) is 229 cm³/mol. The highest BCUT2D eigenvalue weighted by molar-refractivity contribution is 5.68. The van der Waals surface area contributed by atoms with Gasteiger partial charge in [0.1, 0.15) is 47.1 Å². The molecule has 0 saturated carbocycles. The lowest BCUT2D eigenvalue weighted by Gasteiger charge is -2.27. The molecule has 324 valence electrons. The molecule has 0 bridgehead atoms. The van der Waals surface area contributed by atoms with Crippen molar-refractivity contribution in [1.29, 1.82) is 0 Å². The van der Waals surface area contributed by atoms with Crippen LogP contribution in [0, 0.1) is 6.92 Å². The predicted octanol–water partition coefficient (Wildman–Crippen LogP) is 7.44. The summed E-state index contributed by atoms with van der Waals surface area (Å²) in [5, 5.41) is 14.8. The van der Waals surface area contributed by atoms with Crippen LogP contribution in [0.15, 0.2) is 60.8 Å². The summed E-state index contributed by atoms with van der Waals surface area (Å²) >= 11 is 0. The molecule has 2 aromatic heterocycles. The number of amides is 1. The molecule has 1 N–H and O–H groups in total. The maximum atomic E-state index is 12.4. The summed E-state index contributed by atoms with van der Waals surface area (Å²) in [5.74, 6) is 3.88. The van der Waals surface area contributed by atoms with Crippen LogP contribution in [0.3, 0.4) is 0 Å². The van der Waals surface area contributed by atoms with Crippen LogP contribution in [-0.4, -0.2) is 103 Å². The molecule has 5 rings (SSSR count). The molecule has 3 aromatic carbocycles. The van der Waals surface area contributed by atoms with Crippen LogP contribution in [0.2, 0.25) is 0 Å². The van der Waals surface area contributed by atoms with Crippen LogP contribution in [0.5, 0.6) is 34.8 Å². The number of aromatic nitrogens is 4. The molecule has 1 amide bonds. The van der Waals surface area contributed by atoms with Crippen molar-refractivity contribution >= 4 is 17.6 Å². The maximum Gasteiger partial charge on any atom is 0.410 e. The first-order valence-electron chi connectivity index (χ1n) is 20.1. The number of likely N-dealkylation sites (N-methyl/N-ethyl adjacent to an activating group) is 1. The van der Waals surface area contributed by atoms with Gasteiger partial charge >= 0.3 is 12.1 Å². The number of methoxy groups -OCH3 is 4. The van der Waals surface area contributed by atoms with Gasteiger partial charge in [0.15, 0.2) is 11.5 Å². The molecule has 2 heterocycles. The van der Waals surface area contributed by atoms with E-state index in [1.807, 2.05) is 76.2 Å². The Morgan fingerprint density at radius 1 is 0.867 bits per heavy atom. The molecule has 0 radical (unpaired) electrons. The van der Waals surface area contributed by atoms with E-state index in [9.17, 15) is 9.90 Å². The average Bonchev–Trinajstić information content (AvgIpc) is 3.62. The van der Waals surface area contributed by atoms with Crippen LogP contribution in [0.25, 0.3) is 5.65 Å². The minimum atomic E-state index is -0.574. The highest BCUT2D eigenvalue weighted by Gasteiger charge is 2.25. The fourth-order valence-corrected chi connectivity index (χ4v) is 6.65. The first kappa shape index (κ1) is 45.1. The van der Waals surface area contributed by atoms with E-state index >= 15 is 0 Å². The zero-order valence-electron chi connectivity index (χ0n) is 36.6. The summed E-state index contributed by atoms with van der Waals surface area (Å²) in [6.45, 7) is 11.0. The lowest BCUT2D eigenvalue weighted by molar-refractivity contribution is 0.0278. The third-order valence-electron chi connectivity index (χ3n) is 9.75. The minimum Gasteiger partial charge on any atom is -0.497 e. The number of carbonyl (C=O) groups excluding carboxylic acids is 1. The SMILES string of the molecule is CCC[C@H](CCO)Oc1nc(N(Cc2ccc(OC)cc2OC)Cc2ccc(OC)cc2OC)c2ncc(Cc3ccc(OCCN(C)C(=O)OC(C)(C)C)c(C)c3)n2n1. The Morgan fingerprint density at radius 3 is 2.07 bits per heavy atom. The largest absolute Gasteiger partial charge is 0.497 e. The molecular formula is C45H60N6O9. The first-order chi connectivity index (χ1) is 28.8. The second-order valence-electron chi connectivity index (χ2n) is 15.5. The van der Waals surface area contributed by atoms with E-state index in [0.29, 0.717) is 73.5 Å². The molecule has 0 aliphatic rings. The van der Waals surface area contributed by atoms with Crippen molar-refractivity contribution in [2.24, 2.45) is 0 Å². The number of aliphatic hydroxyl groups excluding tert-OH is 1. The number of imidazole rings is 1. The van der Waals surface area contributed by atoms with Crippen LogP contribution in [0.4, 0.5) is 10.6 Å². The summed E-state index contributed by atoms with van der Waals surface area (Å²) in [7, 11) is 8.19. The van der Waals surface area contributed by atoms with Crippen LogP contribution in [0.1, 0.15) is 74.9 Å². The van der Waals surface area contributed by atoms with Gasteiger partial charge in [0.2, 0.25) is 0 Å². The average molecular weight is 829 g/mol. The highest BCUT2D eigenvalue weighted by Crippen LogP contribution is 2.34. The van der Waals surface area contributed by atoms with Gasteiger partial charge < -0.3 is 48.1 Å². The molecule has 5 aromatic rings. The molecule has 0 saturated heterocycles.